The highest BCUT2D eigenvalue weighted by Crippen LogP contribution is 2.35. The van der Waals surface area contributed by atoms with E-state index in [-0.39, 0.29) is 11.9 Å². The van der Waals surface area contributed by atoms with Crippen molar-refractivity contribution in [3.05, 3.63) is 82.2 Å². The van der Waals surface area contributed by atoms with E-state index in [2.05, 4.69) is 23.4 Å². The molecule has 2 aromatic carbocycles. The number of hydrogen-bond donors (Lipinski definition) is 0. The van der Waals surface area contributed by atoms with Gasteiger partial charge in [0.1, 0.15) is 18.1 Å². The van der Waals surface area contributed by atoms with E-state index in [1.54, 1.807) is 0 Å². The van der Waals surface area contributed by atoms with Crippen LogP contribution in [0.2, 0.25) is 0 Å². The Hall–Kier alpha value is -3.08. The van der Waals surface area contributed by atoms with Gasteiger partial charge in [-0.2, -0.15) is 0 Å². The third-order valence-corrected chi connectivity index (χ3v) is 5.55. The zero-order chi connectivity index (χ0) is 19.7. The van der Waals surface area contributed by atoms with Gasteiger partial charge in [0, 0.05) is 12.6 Å². The molecule has 28 heavy (non-hydrogen) atoms. The second kappa shape index (κ2) is 7.50. The maximum atomic E-state index is 13.0. The Morgan fingerprint density at radius 1 is 1.18 bits per heavy atom. The van der Waals surface area contributed by atoms with E-state index in [1.165, 1.54) is 11.1 Å². The quantitative estimate of drug-likeness (QED) is 0.651. The summed E-state index contributed by atoms with van der Waals surface area (Å²) in [4.78, 5) is 14.8. The number of nitrogens with zero attached hydrogens (tertiary/aromatic N) is 2. The van der Waals surface area contributed by atoms with Gasteiger partial charge in [-0.05, 0) is 62.1 Å². The van der Waals surface area contributed by atoms with Crippen LogP contribution in [-0.2, 0) is 13.0 Å². The topological polar surface area (TPSA) is 55.6 Å². The minimum absolute atomic E-state index is 0.0268. The number of rotatable bonds is 5. The highest BCUT2D eigenvalue weighted by atomic mass is 16.5. The van der Waals surface area contributed by atoms with Crippen molar-refractivity contribution in [1.82, 2.24) is 10.1 Å². The first-order valence-corrected chi connectivity index (χ1v) is 9.54. The number of hydrogen-bond acceptors (Lipinski definition) is 4. The summed E-state index contributed by atoms with van der Waals surface area (Å²) < 4.78 is 11.0. The van der Waals surface area contributed by atoms with Crippen LogP contribution in [0.3, 0.4) is 0 Å². The molecule has 0 saturated heterocycles. The molecule has 5 nitrogen and oxygen atoms in total. The van der Waals surface area contributed by atoms with Gasteiger partial charge in [-0.1, -0.05) is 29.4 Å². The highest BCUT2D eigenvalue weighted by molar-refractivity contribution is 5.94. The maximum absolute atomic E-state index is 13.0. The maximum Gasteiger partial charge on any atom is 0.254 e. The van der Waals surface area contributed by atoms with Gasteiger partial charge in [-0.15, -0.1) is 0 Å². The molecule has 0 spiro atoms. The minimum Gasteiger partial charge on any atom is -0.489 e. The van der Waals surface area contributed by atoms with Gasteiger partial charge in [-0.3, -0.25) is 4.79 Å². The third kappa shape index (κ3) is 3.40. The third-order valence-electron chi connectivity index (χ3n) is 5.55. The van der Waals surface area contributed by atoms with Crippen LogP contribution in [0, 0.1) is 13.8 Å². The number of fused-ring (bicyclic) bond motifs is 1. The summed E-state index contributed by atoms with van der Waals surface area (Å²) in [5, 5.41) is 3.93. The molecule has 0 N–H and O–H groups in total. The molecule has 1 amide bonds. The predicted octanol–water partition coefficient (Wildman–Crippen LogP) is 4.63. The molecule has 4 rings (SSSR count). The van der Waals surface area contributed by atoms with Crippen LogP contribution < -0.4 is 4.74 Å². The summed E-state index contributed by atoms with van der Waals surface area (Å²) in [6.45, 7) is 4.17. The summed E-state index contributed by atoms with van der Waals surface area (Å²) in [7, 11) is 1.89. The Balaban J connectivity index is 1.43. The van der Waals surface area contributed by atoms with Crippen molar-refractivity contribution in [2.75, 3.05) is 7.05 Å². The summed E-state index contributed by atoms with van der Waals surface area (Å²) in [5.74, 6) is 1.51. The first kappa shape index (κ1) is 18.3. The van der Waals surface area contributed by atoms with Crippen molar-refractivity contribution in [2.24, 2.45) is 0 Å². The average Bonchev–Trinajstić information content (AvgIpc) is 3.29. The van der Waals surface area contributed by atoms with Crippen LogP contribution in [0.15, 0.2) is 53.1 Å². The number of aromatic nitrogens is 1. The molecule has 1 aliphatic carbocycles. The monoisotopic (exact) mass is 376 g/mol. The number of carbonyl (C=O) groups excluding carboxylic acids is 1. The standard InChI is InChI=1S/C23H24N2O3/c1-15-21(16(2)28-24-15)14-27-19-11-8-18(9-12-19)23(26)25(3)22-13-10-17-6-4-5-7-20(17)22/h4-9,11-12,22H,10,13-14H2,1-3H3. The molecule has 0 fully saturated rings. The van der Waals surface area contributed by atoms with Gasteiger partial charge in [0.2, 0.25) is 0 Å². The molecule has 0 radical (unpaired) electrons. The van der Waals surface area contributed by atoms with Gasteiger partial charge in [0.25, 0.3) is 5.91 Å². The number of aryl methyl sites for hydroxylation is 3. The summed E-state index contributed by atoms with van der Waals surface area (Å²) in [6.07, 6.45) is 1.99. The van der Waals surface area contributed by atoms with E-state index in [0.29, 0.717) is 17.9 Å². The van der Waals surface area contributed by atoms with Crippen LogP contribution in [0.5, 0.6) is 5.75 Å². The highest BCUT2D eigenvalue weighted by Gasteiger charge is 2.28. The van der Waals surface area contributed by atoms with Gasteiger partial charge < -0.3 is 14.2 Å². The number of ether oxygens (including phenoxy) is 1. The molecule has 0 aliphatic heterocycles. The summed E-state index contributed by atoms with van der Waals surface area (Å²) in [5.41, 5.74) is 5.06. The Kier molecular flexibility index (Phi) is 4.90. The normalized spacial score (nSPS) is 15.3. The Labute approximate surface area is 164 Å². The molecule has 144 valence electrons. The smallest absolute Gasteiger partial charge is 0.254 e. The summed E-state index contributed by atoms with van der Waals surface area (Å²) in [6, 6.07) is 15.8. The molecule has 1 aliphatic rings. The van der Waals surface area contributed by atoms with E-state index >= 15 is 0 Å². The first-order chi connectivity index (χ1) is 13.5. The zero-order valence-corrected chi connectivity index (χ0v) is 16.4. The fourth-order valence-corrected chi connectivity index (χ4v) is 3.84. The van der Waals surface area contributed by atoms with Crippen molar-refractivity contribution in [2.45, 2.75) is 39.3 Å². The van der Waals surface area contributed by atoms with E-state index in [9.17, 15) is 4.79 Å². The van der Waals surface area contributed by atoms with Gasteiger partial charge in [0.15, 0.2) is 0 Å². The lowest BCUT2D eigenvalue weighted by Crippen LogP contribution is -2.30. The fraction of sp³-hybridized carbons (Fsp3) is 0.304. The van der Waals surface area contributed by atoms with Crippen molar-refractivity contribution >= 4 is 5.91 Å². The molecule has 5 heteroatoms. The molecule has 0 saturated carbocycles. The lowest BCUT2D eigenvalue weighted by atomic mass is 10.1. The Bertz CT molecular complexity index is 972. The Morgan fingerprint density at radius 3 is 2.64 bits per heavy atom. The SMILES string of the molecule is Cc1noc(C)c1COc1ccc(C(=O)N(C)C2CCc3ccccc32)cc1. The average molecular weight is 376 g/mol. The minimum atomic E-state index is 0.0268. The van der Waals surface area contributed by atoms with Gasteiger partial charge >= 0.3 is 0 Å². The summed E-state index contributed by atoms with van der Waals surface area (Å²) >= 11 is 0. The molecular formula is C23H24N2O3. The molecular weight excluding hydrogens is 352 g/mol. The molecule has 0 bridgehead atoms. The number of carbonyl (C=O) groups is 1. The fourth-order valence-electron chi connectivity index (χ4n) is 3.84. The lowest BCUT2D eigenvalue weighted by molar-refractivity contribution is 0.0730. The second-order valence-corrected chi connectivity index (χ2v) is 7.29. The second-order valence-electron chi connectivity index (χ2n) is 7.29. The largest absolute Gasteiger partial charge is 0.489 e. The van der Waals surface area contributed by atoms with Crippen LogP contribution in [0.25, 0.3) is 0 Å². The first-order valence-electron chi connectivity index (χ1n) is 9.54. The molecule has 1 heterocycles. The number of benzene rings is 2. The van der Waals surface area contributed by atoms with Crippen LogP contribution in [-0.4, -0.2) is 23.0 Å². The van der Waals surface area contributed by atoms with Crippen molar-refractivity contribution in [3.63, 3.8) is 0 Å². The van der Waals surface area contributed by atoms with Crippen LogP contribution in [0.4, 0.5) is 0 Å². The number of amides is 1. The van der Waals surface area contributed by atoms with Crippen molar-refractivity contribution < 1.29 is 14.1 Å². The predicted molar refractivity (Wildman–Crippen MR) is 106 cm³/mol. The van der Waals surface area contributed by atoms with E-state index in [1.807, 2.05) is 56.1 Å². The molecule has 3 aromatic rings. The van der Waals surface area contributed by atoms with E-state index < -0.39 is 0 Å². The lowest BCUT2D eigenvalue weighted by Gasteiger charge is -2.25. The van der Waals surface area contributed by atoms with E-state index in [4.69, 9.17) is 9.26 Å². The molecule has 1 unspecified atom stereocenters. The van der Waals surface area contributed by atoms with Gasteiger partial charge in [0.05, 0.1) is 17.3 Å². The van der Waals surface area contributed by atoms with Crippen LogP contribution >= 0.6 is 0 Å². The molecule has 1 aromatic heterocycles. The van der Waals surface area contributed by atoms with Gasteiger partial charge in [-0.25, -0.2) is 0 Å². The van der Waals surface area contributed by atoms with Crippen molar-refractivity contribution in [3.8, 4) is 5.75 Å². The molecule has 1 atom stereocenters. The Morgan fingerprint density at radius 2 is 1.93 bits per heavy atom. The van der Waals surface area contributed by atoms with E-state index in [0.717, 1.165) is 29.9 Å². The zero-order valence-electron chi connectivity index (χ0n) is 16.4. The van der Waals surface area contributed by atoms with Crippen molar-refractivity contribution in [1.29, 1.82) is 0 Å². The van der Waals surface area contributed by atoms with Crippen LogP contribution in [0.1, 0.15) is 51.0 Å².